The minimum absolute atomic E-state index is 0.139. The van der Waals surface area contributed by atoms with E-state index in [2.05, 4.69) is 0 Å². The number of nitrogens with zero attached hydrogens (tertiary/aromatic N) is 1. The van der Waals surface area contributed by atoms with Crippen molar-refractivity contribution < 1.29 is 13.6 Å². The van der Waals surface area contributed by atoms with Crippen LogP contribution in [-0.4, -0.2) is 10.8 Å². The van der Waals surface area contributed by atoms with Crippen LogP contribution < -0.4 is 0 Å². The first-order valence-corrected chi connectivity index (χ1v) is 7.08. The largest absolute Gasteiger partial charge is 0.467 e. The number of carbonyl (C=O) groups is 1. The molecule has 0 N–H and O–H groups in total. The lowest BCUT2D eigenvalue weighted by molar-refractivity contribution is 0.0687. The Morgan fingerprint density at radius 3 is 2.55 bits per heavy atom. The van der Waals surface area contributed by atoms with Gasteiger partial charge in [0.05, 0.1) is 25.6 Å². The second-order valence-corrected chi connectivity index (χ2v) is 5.33. The molecule has 3 aromatic heterocycles. The van der Waals surface area contributed by atoms with Crippen molar-refractivity contribution in [3.8, 4) is 0 Å². The quantitative estimate of drug-likeness (QED) is 0.717. The van der Waals surface area contributed by atoms with E-state index in [1.54, 1.807) is 34.6 Å². The maximum absolute atomic E-state index is 12.5. The molecule has 1 amide bonds. The molecule has 3 rings (SSSR count). The fraction of sp³-hybridized carbons (Fsp3) is 0.133. The van der Waals surface area contributed by atoms with E-state index in [-0.39, 0.29) is 5.91 Å². The first-order valence-electron chi connectivity index (χ1n) is 6.20. The van der Waals surface area contributed by atoms with Gasteiger partial charge in [-0.25, -0.2) is 0 Å². The molecule has 0 aliphatic carbocycles. The highest BCUT2D eigenvalue weighted by molar-refractivity contribution is 7.09. The maximum atomic E-state index is 12.5. The average Bonchev–Trinajstić information content (AvgIpc) is 3.20. The van der Waals surface area contributed by atoms with E-state index in [1.165, 1.54) is 6.26 Å². The summed E-state index contributed by atoms with van der Waals surface area (Å²) in [6.07, 6.45) is 3.11. The van der Waals surface area contributed by atoms with Crippen molar-refractivity contribution in [2.75, 3.05) is 0 Å². The smallest absolute Gasteiger partial charge is 0.290 e. The van der Waals surface area contributed by atoms with E-state index in [4.69, 9.17) is 8.83 Å². The molecule has 0 radical (unpaired) electrons. The number of amides is 1. The van der Waals surface area contributed by atoms with E-state index in [0.29, 0.717) is 18.8 Å². The van der Waals surface area contributed by atoms with Crippen molar-refractivity contribution in [3.63, 3.8) is 0 Å². The van der Waals surface area contributed by atoms with E-state index < -0.39 is 0 Å². The topological polar surface area (TPSA) is 46.6 Å². The number of carbonyl (C=O) groups excluding carboxylic acids is 1. The minimum atomic E-state index is -0.139. The number of hydrogen-bond acceptors (Lipinski definition) is 4. The Morgan fingerprint density at radius 1 is 1.05 bits per heavy atom. The fourth-order valence-corrected chi connectivity index (χ4v) is 2.66. The number of hydrogen-bond donors (Lipinski definition) is 0. The third-order valence-electron chi connectivity index (χ3n) is 2.87. The highest BCUT2D eigenvalue weighted by atomic mass is 32.1. The molecule has 0 aliphatic heterocycles. The molecule has 102 valence electrons. The minimum Gasteiger partial charge on any atom is -0.467 e. The molecule has 0 atom stereocenters. The molecule has 0 saturated carbocycles. The Bertz CT molecular complexity index is 605. The Morgan fingerprint density at radius 2 is 1.90 bits per heavy atom. The van der Waals surface area contributed by atoms with E-state index in [9.17, 15) is 4.79 Å². The van der Waals surface area contributed by atoms with Gasteiger partial charge < -0.3 is 13.7 Å². The monoisotopic (exact) mass is 287 g/mol. The lowest BCUT2D eigenvalue weighted by Gasteiger charge is -2.19. The summed E-state index contributed by atoms with van der Waals surface area (Å²) >= 11 is 1.62. The van der Waals surface area contributed by atoms with Crippen LogP contribution in [0.25, 0.3) is 0 Å². The summed E-state index contributed by atoms with van der Waals surface area (Å²) in [6.45, 7) is 0.961. The normalized spacial score (nSPS) is 10.6. The Hall–Kier alpha value is -2.27. The standard InChI is InChI=1S/C15H13NO3S/c17-15(14-6-2-8-19-14)16(10-12-4-1-7-18-12)11-13-5-3-9-20-13/h1-9H,10-11H2. The fourth-order valence-electron chi connectivity index (χ4n) is 1.94. The molecule has 3 heterocycles. The van der Waals surface area contributed by atoms with Crippen molar-refractivity contribution >= 4 is 17.2 Å². The van der Waals surface area contributed by atoms with Gasteiger partial charge >= 0.3 is 0 Å². The van der Waals surface area contributed by atoms with Gasteiger partial charge in [-0.3, -0.25) is 4.79 Å². The van der Waals surface area contributed by atoms with Crippen LogP contribution in [0.15, 0.2) is 63.1 Å². The lowest BCUT2D eigenvalue weighted by Crippen LogP contribution is -2.29. The molecule has 3 aromatic rings. The molecule has 4 nitrogen and oxygen atoms in total. The molecule has 5 heteroatoms. The van der Waals surface area contributed by atoms with Crippen LogP contribution in [0.1, 0.15) is 21.2 Å². The van der Waals surface area contributed by atoms with Crippen molar-refractivity contribution in [1.82, 2.24) is 4.90 Å². The van der Waals surface area contributed by atoms with Gasteiger partial charge in [-0.1, -0.05) is 6.07 Å². The van der Waals surface area contributed by atoms with Crippen LogP contribution in [0.2, 0.25) is 0 Å². The van der Waals surface area contributed by atoms with Gasteiger partial charge in [0.2, 0.25) is 0 Å². The van der Waals surface area contributed by atoms with Crippen LogP contribution in [0, 0.1) is 0 Å². The molecular weight excluding hydrogens is 274 g/mol. The van der Waals surface area contributed by atoms with Gasteiger partial charge in [-0.15, -0.1) is 11.3 Å². The molecule has 0 spiro atoms. The predicted octanol–water partition coefficient (Wildman–Crippen LogP) is 3.78. The summed E-state index contributed by atoms with van der Waals surface area (Å²) in [5.74, 6) is 0.953. The van der Waals surface area contributed by atoms with Crippen molar-refractivity contribution in [3.05, 3.63) is 70.7 Å². The third kappa shape index (κ3) is 2.83. The molecule has 0 bridgehead atoms. The maximum Gasteiger partial charge on any atom is 0.290 e. The first kappa shape index (κ1) is 12.7. The summed E-state index contributed by atoms with van der Waals surface area (Å²) < 4.78 is 10.5. The summed E-state index contributed by atoms with van der Waals surface area (Å²) in [7, 11) is 0. The zero-order valence-electron chi connectivity index (χ0n) is 10.7. The van der Waals surface area contributed by atoms with Crippen molar-refractivity contribution in [2.45, 2.75) is 13.1 Å². The molecular formula is C15H13NO3S. The Labute approximate surface area is 120 Å². The molecule has 0 aliphatic rings. The summed E-state index contributed by atoms with van der Waals surface area (Å²) in [5.41, 5.74) is 0. The number of rotatable bonds is 5. The van der Waals surface area contributed by atoms with Gasteiger partial charge in [-0.05, 0) is 35.7 Å². The number of furan rings is 2. The van der Waals surface area contributed by atoms with Gasteiger partial charge in [0.25, 0.3) is 5.91 Å². The third-order valence-corrected chi connectivity index (χ3v) is 3.73. The highest BCUT2D eigenvalue weighted by Crippen LogP contribution is 2.17. The van der Waals surface area contributed by atoms with E-state index in [0.717, 1.165) is 10.6 Å². The zero-order valence-corrected chi connectivity index (χ0v) is 11.5. The van der Waals surface area contributed by atoms with Gasteiger partial charge in [0.1, 0.15) is 5.76 Å². The molecule has 0 unspecified atom stereocenters. The second-order valence-electron chi connectivity index (χ2n) is 4.30. The van der Waals surface area contributed by atoms with Crippen LogP contribution in [0.5, 0.6) is 0 Å². The summed E-state index contributed by atoms with van der Waals surface area (Å²) in [4.78, 5) is 15.3. The molecule has 0 fully saturated rings. The first-order chi connectivity index (χ1) is 9.83. The highest BCUT2D eigenvalue weighted by Gasteiger charge is 2.20. The predicted molar refractivity (Wildman–Crippen MR) is 75.3 cm³/mol. The summed E-state index contributed by atoms with van der Waals surface area (Å²) in [5, 5.41) is 2.00. The molecule has 0 aromatic carbocycles. The van der Waals surface area contributed by atoms with Crippen LogP contribution in [-0.2, 0) is 13.1 Å². The van der Waals surface area contributed by atoms with Crippen LogP contribution in [0.4, 0.5) is 0 Å². The summed E-state index contributed by atoms with van der Waals surface area (Å²) in [6, 6.07) is 11.0. The van der Waals surface area contributed by atoms with Gasteiger partial charge in [0.15, 0.2) is 5.76 Å². The van der Waals surface area contributed by atoms with E-state index in [1.807, 2.05) is 29.6 Å². The van der Waals surface area contributed by atoms with E-state index >= 15 is 0 Å². The van der Waals surface area contributed by atoms with Crippen molar-refractivity contribution in [1.29, 1.82) is 0 Å². The van der Waals surface area contributed by atoms with Crippen LogP contribution >= 0.6 is 11.3 Å². The molecule has 0 saturated heterocycles. The number of thiophene rings is 1. The van der Waals surface area contributed by atoms with Gasteiger partial charge in [-0.2, -0.15) is 0 Å². The Balaban J connectivity index is 1.81. The van der Waals surface area contributed by atoms with Crippen LogP contribution in [0.3, 0.4) is 0 Å². The zero-order chi connectivity index (χ0) is 13.8. The van der Waals surface area contributed by atoms with Gasteiger partial charge in [0, 0.05) is 4.88 Å². The van der Waals surface area contributed by atoms with Crippen molar-refractivity contribution in [2.24, 2.45) is 0 Å². The SMILES string of the molecule is O=C(c1ccco1)N(Cc1ccco1)Cc1cccs1. The average molecular weight is 287 g/mol. The second kappa shape index (κ2) is 5.79. The Kier molecular flexibility index (Phi) is 3.69. The molecule has 20 heavy (non-hydrogen) atoms. The lowest BCUT2D eigenvalue weighted by atomic mass is 10.3.